The summed E-state index contributed by atoms with van der Waals surface area (Å²) in [5.41, 5.74) is 1.74. The second-order valence-corrected chi connectivity index (χ2v) is 5.11. The van der Waals surface area contributed by atoms with Crippen molar-refractivity contribution < 1.29 is 14.6 Å². The molecule has 0 saturated heterocycles. The highest BCUT2D eigenvalue weighted by Crippen LogP contribution is 2.33. The average Bonchev–Trinajstić information content (AvgIpc) is 2.58. The van der Waals surface area contributed by atoms with Gasteiger partial charge < -0.3 is 14.6 Å². The number of hydrogen-bond acceptors (Lipinski definition) is 4. The van der Waals surface area contributed by atoms with Gasteiger partial charge in [-0.25, -0.2) is 0 Å². The first kappa shape index (κ1) is 16.3. The summed E-state index contributed by atoms with van der Waals surface area (Å²) < 4.78 is 11.2. The summed E-state index contributed by atoms with van der Waals surface area (Å²) in [6, 6.07) is 11.4. The summed E-state index contributed by atoms with van der Waals surface area (Å²) in [5.74, 6) is 1.51. The molecule has 2 rings (SSSR count). The van der Waals surface area contributed by atoms with Gasteiger partial charge in [0.25, 0.3) is 0 Å². The van der Waals surface area contributed by atoms with Crippen molar-refractivity contribution >= 4 is 0 Å². The zero-order valence-electron chi connectivity index (χ0n) is 13.2. The third-order valence-electron chi connectivity index (χ3n) is 3.45. The molecule has 0 spiro atoms. The molecule has 0 fully saturated rings. The molecule has 118 valence electrons. The molecule has 22 heavy (non-hydrogen) atoms. The predicted octanol–water partition coefficient (Wildman–Crippen LogP) is 3.55. The van der Waals surface area contributed by atoms with E-state index in [9.17, 15) is 5.11 Å². The number of pyridine rings is 1. The molecule has 1 aromatic heterocycles. The number of aliphatic hydroxyl groups is 1. The fraction of sp³-hybridized carbons (Fsp3) is 0.389. The lowest BCUT2D eigenvalue weighted by atomic mass is 10.0. The molecule has 4 heteroatoms. The zero-order chi connectivity index (χ0) is 15.8. The van der Waals surface area contributed by atoms with Crippen LogP contribution >= 0.6 is 0 Å². The number of nitrogens with zero attached hydrogens (tertiary/aromatic N) is 1. The molecule has 0 amide bonds. The van der Waals surface area contributed by atoms with E-state index >= 15 is 0 Å². The maximum Gasteiger partial charge on any atom is 0.164 e. The van der Waals surface area contributed by atoms with Gasteiger partial charge in [0.2, 0.25) is 0 Å². The molecule has 1 heterocycles. The summed E-state index contributed by atoms with van der Waals surface area (Å²) in [5, 5.41) is 10.2. The standard InChI is InChI=1S/C18H23NO3/c1-3-13-22-18-14(7-6-9-17(18)21-2)10-11-16(20)15-8-4-5-12-19-15/h4-9,12,16,20H,3,10-11,13H2,1-2H3. The molecule has 1 atom stereocenters. The van der Waals surface area contributed by atoms with Crippen LogP contribution in [-0.2, 0) is 6.42 Å². The Hall–Kier alpha value is -2.07. The van der Waals surface area contributed by atoms with Gasteiger partial charge in [0, 0.05) is 6.20 Å². The Morgan fingerprint density at radius 1 is 1.18 bits per heavy atom. The first-order valence-electron chi connectivity index (χ1n) is 7.64. The highest BCUT2D eigenvalue weighted by molar-refractivity contribution is 5.46. The van der Waals surface area contributed by atoms with E-state index in [2.05, 4.69) is 11.9 Å². The van der Waals surface area contributed by atoms with E-state index in [1.54, 1.807) is 13.3 Å². The minimum atomic E-state index is -0.577. The van der Waals surface area contributed by atoms with Gasteiger partial charge in [-0.05, 0) is 43.0 Å². The molecule has 1 aromatic carbocycles. The Balaban J connectivity index is 2.08. The van der Waals surface area contributed by atoms with E-state index in [1.165, 1.54) is 0 Å². The Bertz CT molecular complexity index is 572. The van der Waals surface area contributed by atoms with Crippen LogP contribution in [0.4, 0.5) is 0 Å². The number of hydrogen-bond donors (Lipinski definition) is 1. The lowest BCUT2D eigenvalue weighted by Gasteiger charge is -2.16. The summed E-state index contributed by atoms with van der Waals surface area (Å²) in [4.78, 5) is 4.19. The van der Waals surface area contributed by atoms with Gasteiger partial charge in [-0.1, -0.05) is 25.1 Å². The van der Waals surface area contributed by atoms with Gasteiger partial charge in [-0.15, -0.1) is 0 Å². The monoisotopic (exact) mass is 301 g/mol. The van der Waals surface area contributed by atoms with Gasteiger partial charge >= 0.3 is 0 Å². The third-order valence-corrected chi connectivity index (χ3v) is 3.45. The van der Waals surface area contributed by atoms with E-state index in [4.69, 9.17) is 9.47 Å². The van der Waals surface area contributed by atoms with Crippen molar-refractivity contribution in [3.8, 4) is 11.5 Å². The van der Waals surface area contributed by atoms with E-state index < -0.39 is 6.10 Å². The number of aliphatic hydroxyl groups excluding tert-OH is 1. The minimum Gasteiger partial charge on any atom is -0.493 e. The summed E-state index contributed by atoms with van der Waals surface area (Å²) >= 11 is 0. The van der Waals surface area contributed by atoms with Crippen molar-refractivity contribution in [2.45, 2.75) is 32.3 Å². The van der Waals surface area contributed by atoms with Gasteiger partial charge in [-0.2, -0.15) is 0 Å². The lowest BCUT2D eigenvalue weighted by Crippen LogP contribution is -2.05. The second kappa shape index (κ2) is 8.39. The summed E-state index contributed by atoms with van der Waals surface area (Å²) in [6.07, 6.45) is 3.35. The maximum atomic E-state index is 10.2. The number of ether oxygens (including phenoxy) is 2. The molecule has 0 radical (unpaired) electrons. The Morgan fingerprint density at radius 3 is 2.73 bits per heavy atom. The van der Waals surface area contributed by atoms with Crippen LogP contribution in [0.1, 0.15) is 37.1 Å². The fourth-order valence-electron chi connectivity index (χ4n) is 2.30. The van der Waals surface area contributed by atoms with Crippen molar-refractivity contribution in [3.05, 3.63) is 53.9 Å². The maximum absolute atomic E-state index is 10.2. The Kier molecular flexibility index (Phi) is 6.22. The highest BCUT2D eigenvalue weighted by atomic mass is 16.5. The van der Waals surface area contributed by atoms with Gasteiger partial charge in [-0.3, -0.25) is 4.98 Å². The summed E-state index contributed by atoms with van der Waals surface area (Å²) in [7, 11) is 1.64. The molecule has 1 N–H and O–H groups in total. The van der Waals surface area contributed by atoms with Crippen molar-refractivity contribution in [2.24, 2.45) is 0 Å². The number of aryl methyl sites for hydroxylation is 1. The van der Waals surface area contributed by atoms with Crippen LogP contribution in [0.5, 0.6) is 11.5 Å². The Labute approximate surface area is 131 Å². The molecular weight excluding hydrogens is 278 g/mol. The zero-order valence-corrected chi connectivity index (χ0v) is 13.2. The van der Waals surface area contributed by atoms with Crippen LogP contribution < -0.4 is 9.47 Å². The second-order valence-electron chi connectivity index (χ2n) is 5.11. The molecule has 0 bridgehead atoms. The molecule has 1 unspecified atom stereocenters. The van der Waals surface area contributed by atoms with E-state index in [1.807, 2.05) is 36.4 Å². The van der Waals surface area contributed by atoms with Gasteiger partial charge in [0.1, 0.15) is 0 Å². The quantitative estimate of drug-likeness (QED) is 0.810. The largest absolute Gasteiger partial charge is 0.493 e. The van der Waals surface area contributed by atoms with E-state index in [0.717, 1.165) is 23.5 Å². The van der Waals surface area contributed by atoms with Crippen molar-refractivity contribution in [1.29, 1.82) is 0 Å². The predicted molar refractivity (Wildman–Crippen MR) is 86.3 cm³/mol. The van der Waals surface area contributed by atoms with Crippen LogP contribution in [0.2, 0.25) is 0 Å². The number of para-hydroxylation sites is 1. The molecule has 2 aromatic rings. The first-order valence-corrected chi connectivity index (χ1v) is 7.64. The van der Waals surface area contributed by atoms with Crippen LogP contribution in [0.25, 0.3) is 0 Å². The van der Waals surface area contributed by atoms with Crippen molar-refractivity contribution in [3.63, 3.8) is 0 Å². The molecule has 0 aliphatic heterocycles. The lowest BCUT2D eigenvalue weighted by molar-refractivity contribution is 0.162. The highest BCUT2D eigenvalue weighted by Gasteiger charge is 2.14. The Morgan fingerprint density at radius 2 is 2.05 bits per heavy atom. The SMILES string of the molecule is CCCOc1c(CCC(O)c2ccccn2)cccc1OC. The number of benzene rings is 1. The van der Waals surface area contributed by atoms with Crippen LogP contribution in [-0.4, -0.2) is 23.8 Å². The van der Waals surface area contributed by atoms with Crippen molar-refractivity contribution in [2.75, 3.05) is 13.7 Å². The number of aromatic nitrogens is 1. The molecule has 4 nitrogen and oxygen atoms in total. The smallest absolute Gasteiger partial charge is 0.164 e. The summed E-state index contributed by atoms with van der Waals surface area (Å²) in [6.45, 7) is 2.72. The number of methoxy groups -OCH3 is 1. The topological polar surface area (TPSA) is 51.6 Å². The molecule has 0 aliphatic rings. The third kappa shape index (κ3) is 4.21. The number of rotatable bonds is 8. The first-order chi connectivity index (χ1) is 10.8. The van der Waals surface area contributed by atoms with E-state index in [0.29, 0.717) is 25.1 Å². The molecule has 0 saturated carbocycles. The van der Waals surface area contributed by atoms with Gasteiger partial charge in [0.05, 0.1) is 25.5 Å². The normalized spacial score (nSPS) is 12.0. The molecule has 0 aliphatic carbocycles. The van der Waals surface area contributed by atoms with Crippen LogP contribution in [0, 0.1) is 0 Å². The van der Waals surface area contributed by atoms with Crippen molar-refractivity contribution in [1.82, 2.24) is 4.98 Å². The molecular formula is C18H23NO3. The van der Waals surface area contributed by atoms with Crippen LogP contribution in [0.3, 0.4) is 0 Å². The minimum absolute atomic E-state index is 0.577. The van der Waals surface area contributed by atoms with E-state index in [-0.39, 0.29) is 0 Å². The van der Waals surface area contributed by atoms with Gasteiger partial charge in [0.15, 0.2) is 11.5 Å². The average molecular weight is 301 g/mol. The van der Waals surface area contributed by atoms with Crippen LogP contribution in [0.15, 0.2) is 42.6 Å². The fourth-order valence-corrected chi connectivity index (χ4v) is 2.30.